The summed E-state index contributed by atoms with van der Waals surface area (Å²) < 4.78 is 5.84. The molecule has 0 saturated carbocycles. The first-order chi connectivity index (χ1) is 13.1. The van der Waals surface area contributed by atoms with Gasteiger partial charge in [-0.25, -0.2) is 4.79 Å². The van der Waals surface area contributed by atoms with Crippen molar-refractivity contribution < 1.29 is 18.8 Å². The molecule has 0 spiro atoms. The van der Waals surface area contributed by atoms with Gasteiger partial charge in [-0.1, -0.05) is 59.8 Å². The first-order valence-electron chi connectivity index (χ1n) is 8.40. The zero-order chi connectivity index (χ0) is 18.8. The second-order valence-corrected chi connectivity index (χ2v) is 6.08. The summed E-state index contributed by atoms with van der Waals surface area (Å²) in [5.74, 6) is 0.649. The van der Waals surface area contributed by atoms with Gasteiger partial charge in [0.2, 0.25) is 0 Å². The first-order valence-corrected chi connectivity index (χ1v) is 8.40. The lowest BCUT2D eigenvalue weighted by molar-refractivity contribution is -0.136. The molecule has 1 aromatic heterocycles. The monoisotopic (exact) mass is 357 g/mol. The predicted molar refractivity (Wildman–Crippen MR) is 101 cm³/mol. The molecule has 2 aromatic carbocycles. The van der Waals surface area contributed by atoms with Crippen LogP contribution in [0, 0.1) is 0 Å². The summed E-state index contributed by atoms with van der Waals surface area (Å²) in [5, 5.41) is 3.88. The van der Waals surface area contributed by atoms with Gasteiger partial charge in [0.1, 0.15) is 17.2 Å². The van der Waals surface area contributed by atoms with Crippen molar-refractivity contribution in [3.63, 3.8) is 0 Å². The summed E-state index contributed by atoms with van der Waals surface area (Å²) >= 11 is 0. The van der Waals surface area contributed by atoms with E-state index in [1.54, 1.807) is 24.3 Å². The quantitative estimate of drug-likeness (QED) is 0.392. The van der Waals surface area contributed by atoms with Gasteiger partial charge >= 0.3 is 5.97 Å². The van der Waals surface area contributed by atoms with E-state index >= 15 is 0 Å². The Labute approximate surface area is 155 Å². The highest BCUT2D eigenvalue weighted by atomic mass is 16.7. The van der Waals surface area contributed by atoms with E-state index in [-0.39, 0.29) is 5.78 Å². The molecule has 1 aliphatic rings. The van der Waals surface area contributed by atoms with Crippen LogP contribution in [-0.4, -0.2) is 17.5 Å². The van der Waals surface area contributed by atoms with Crippen molar-refractivity contribution in [2.75, 3.05) is 0 Å². The molecule has 0 unspecified atom stereocenters. The number of furan rings is 1. The number of hydrogen-bond donors (Lipinski definition) is 0. The van der Waals surface area contributed by atoms with Gasteiger partial charge < -0.3 is 9.25 Å². The fourth-order valence-corrected chi connectivity index (χ4v) is 2.81. The first kappa shape index (κ1) is 16.7. The molecule has 0 amide bonds. The van der Waals surface area contributed by atoms with Gasteiger partial charge in [0.05, 0.1) is 5.57 Å². The Hall–Kier alpha value is -3.73. The molecule has 0 N–H and O–H groups in total. The highest BCUT2D eigenvalue weighted by Gasteiger charge is 2.27. The number of oxime groups is 1. The van der Waals surface area contributed by atoms with Crippen LogP contribution in [-0.2, 0) is 9.63 Å². The van der Waals surface area contributed by atoms with Crippen molar-refractivity contribution in [3.05, 3.63) is 89.2 Å². The number of benzene rings is 2. The van der Waals surface area contributed by atoms with Crippen LogP contribution in [0.4, 0.5) is 0 Å². The Morgan fingerprint density at radius 3 is 2.37 bits per heavy atom. The summed E-state index contributed by atoms with van der Waals surface area (Å²) in [6, 6.07) is 20.1. The second kappa shape index (κ2) is 6.88. The average Bonchev–Trinajstić information content (AvgIpc) is 3.30. The highest BCUT2D eigenvalue weighted by molar-refractivity contribution is 6.31. The third-order valence-electron chi connectivity index (χ3n) is 4.23. The lowest BCUT2D eigenvalue weighted by Gasteiger charge is -2.00. The predicted octanol–water partition coefficient (Wildman–Crippen LogP) is 4.49. The topological polar surface area (TPSA) is 68.9 Å². The number of rotatable bonds is 4. The molecule has 0 bridgehead atoms. The van der Waals surface area contributed by atoms with E-state index in [1.165, 1.54) is 6.92 Å². The van der Waals surface area contributed by atoms with Gasteiger partial charge in [0, 0.05) is 16.7 Å². The SMILES string of the molecule is CC(=O)c1ccc(-c2ccc(C=C3C(=O)ON=C3c3ccccc3)o2)cc1. The van der Waals surface area contributed by atoms with Crippen LogP contribution in [0.5, 0.6) is 0 Å². The van der Waals surface area contributed by atoms with Crippen LogP contribution in [0.1, 0.15) is 28.6 Å². The average molecular weight is 357 g/mol. The fraction of sp³-hybridized carbons (Fsp3) is 0.0455. The summed E-state index contributed by atoms with van der Waals surface area (Å²) in [7, 11) is 0. The molecule has 5 heteroatoms. The molecule has 0 aliphatic carbocycles. The van der Waals surface area contributed by atoms with Gasteiger partial charge in [-0.2, -0.15) is 0 Å². The molecule has 0 saturated heterocycles. The van der Waals surface area contributed by atoms with E-state index in [2.05, 4.69) is 5.16 Å². The lowest BCUT2D eigenvalue weighted by Crippen LogP contribution is -2.06. The van der Waals surface area contributed by atoms with Crippen molar-refractivity contribution >= 4 is 23.5 Å². The Bertz CT molecular complexity index is 1070. The standard InChI is InChI=1S/C22H15NO4/c1-14(24)15-7-9-16(10-8-15)20-12-11-18(26-20)13-19-21(23-27-22(19)25)17-5-3-2-4-6-17/h2-13H,1H3. The van der Waals surface area contributed by atoms with Gasteiger partial charge in [-0.05, 0) is 25.1 Å². The summed E-state index contributed by atoms with van der Waals surface area (Å²) in [6.45, 7) is 1.53. The van der Waals surface area contributed by atoms with E-state index in [1.807, 2.05) is 48.5 Å². The Morgan fingerprint density at radius 1 is 0.926 bits per heavy atom. The zero-order valence-electron chi connectivity index (χ0n) is 14.5. The number of ketones is 1. The third-order valence-corrected chi connectivity index (χ3v) is 4.23. The minimum absolute atomic E-state index is 0.0129. The molecule has 1 aliphatic heterocycles. The largest absolute Gasteiger partial charge is 0.457 e. The maximum absolute atomic E-state index is 12.1. The van der Waals surface area contributed by atoms with Crippen molar-refractivity contribution in [3.8, 4) is 11.3 Å². The second-order valence-electron chi connectivity index (χ2n) is 6.08. The normalized spacial score (nSPS) is 14.9. The third kappa shape index (κ3) is 3.35. The fourth-order valence-electron chi connectivity index (χ4n) is 2.81. The van der Waals surface area contributed by atoms with Gasteiger partial charge in [-0.15, -0.1) is 0 Å². The lowest BCUT2D eigenvalue weighted by atomic mass is 10.0. The number of nitrogens with zero attached hydrogens (tertiary/aromatic N) is 1. The van der Waals surface area contributed by atoms with Crippen LogP contribution in [0.2, 0.25) is 0 Å². The van der Waals surface area contributed by atoms with Crippen molar-refractivity contribution in [1.29, 1.82) is 0 Å². The van der Waals surface area contributed by atoms with Gasteiger partial charge in [0.15, 0.2) is 5.78 Å². The van der Waals surface area contributed by atoms with Gasteiger partial charge in [-0.3, -0.25) is 4.79 Å². The maximum Gasteiger partial charge on any atom is 0.368 e. The van der Waals surface area contributed by atoms with Crippen molar-refractivity contribution in [1.82, 2.24) is 0 Å². The van der Waals surface area contributed by atoms with E-state index in [0.29, 0.717) is 28.4 Å². The molecular formula is C22H15NO4. The van der Waals surface area contributed by atoms with E-state index < -0.39 is 5.97 Å². The van der Waals surface area contributed by atoms with Gasteiger partial charge in [0.25, 0.3) is 0 Å². The summed E-state index contributed by atoms with van der Waals surface area (Å²) in [5.41, 5.74) is 3.10. The molecule has 132 valence electrons. The van der Waals surface area contributed by atoms with Crippen LogP contribution >= 0.6 is 0 Å². The highest BCUT2D eigenvalue weighted by Crippen LogP contribution is 2.26. The molecule has 5 nitrogen and oxygen atoms in total. The van der Waals surface area contributed by atoms with Crippen LogP contribution < -0.4 is 0 Å². The molecule has 0 fully saturated rings. The molecule has 0 atom stereocenters. The van der Waals surface area contributed by atoms with E-state index in [0.717, 1.165) is 11.1 Å². The van der Waals surface area contributed by atoms with Crippen LogP contribution in [0.25, 0.3) is 17.4 Å². The number of Topliss-reactive ketones (excluding diaryl/α,β-unsaturated/α-hetero) is 1. The van der Waals surface area contributed by atoms with E-state index in [9.17, 15) is 9.59 Å². The van der Waals surface area contributed by atoms with Crippen molar-refractivity contribution in [2.45, 2.75) is 6.92 Å². The summed E-state index contributed by atoms with van der Waals surface area (Å²) in [4.78, 5) is 28.3. The van der Waals surface area contributed by atoms with E-state index in [4.69, 9.17) is 9.25 Å². The molecular weight excluding hydrogens is 342 g/mol. The number of carbonyl (C=O) groups excluding carboxylic acids is 2. The van der Waals surface area contributed by atoms with Crippen LogP contribution in [0.15, 0.2) is 81.9 Å². The molecule has 27 heavy (non-hydrogen) atoms. The Balaban J connectivity index is 1.64. The van der Waals surface area contributed by atoms with Crippen molar-refractivity contribution in [2.24, 2.45) is 5.16 Å². The molecule has 3 aromatic rings. The minimum atomic E-state index is -0.516. The zero-order valence-corrected chi connectivity index (χ0v) is 14.5. The number of carbonyl (C=O) groups is 2. The maximum atomic E-state index is 12.1. The summed E-state index contributed by atoms with van der Waals surface area (Å²) in [6.07, 6.45) is 1.62. The molecule has 0 radical (unpaired) electrons. The van der Waals surface area contributed by atoms with Crippen LogP contribution in [0.3, 0.4) is 0 Å². The minimum Gasteiger partial charge on any atom is -0.457 e. The smallest absolute Gasteiger partial charge is 0.368 e. The molecule has 2 heterocycles. The number of hydrogen-bond acceptors (Lipinski definition) is 5. The molecule has 4 rings (SSSR count). The Morgan fingerprint density at radius 2 is 1.67 bits per heavy atom. The Kier molecular flexibility index (Phi) is 4.26.